The lowest BCUT2D eigenvalue weighted by Gasteiger charge is -2.26. The maximum absolute atomic E-state index is 9.42. The monoisotopic (exact) mass is 516 g/mol. The summed E-state index contributed by atoms with van der Waals surface area (Å²) in [6.45, 7) is 5.86. The molecule has 5 heteroatoms. The van der Waals surface area contributed by atoms with Gasteiger partial charge in [0.05, 0.1) is 13.7 Å². The molecule has 204 valence electrons. The highest BCUT2D eigenvalue weighted by molar-refractivity contribution is 5.51. The second-order valence-corrected chi connectivity index (χ2v) is 10.1. The molecule has 0 spiro atoms. The van der Waals surface area contributed by atoms with Crippen LogP contribution in [0, 0.1) is 12.8 Å². The van der Waals surface area contributed by atoms with Gasteiger partial charge < -0.3 is 25.2 Å². The fourth-order valence-corrected chi connectivity index (χ4v) is 4.53. The topological polar surface area (TPSA) is 65.0 Å². The third-order valence-corrected chi connectivity index (χ3v) is 6.84. The molecule has 4 rings (SSSR count). The van der Waals surface area contributed by atoms with E-state index in [9.17, 15) is 10.2 Å². The zero-order valence-corrected chi connectivity index (χ0v) is 23.4. The Labute approximate surface area is 229 Å². The van der Waals surface area contributed by atoms with Crippen molar-refractivity contribution in [3.05, 3.63) is 89.0 Å². The number of hydrogen-bond acceptors (Lipinski definition) is 5. The van der Waals surface area contributed by atoms with Gasteiger partial charge in [-0.3, -0.25) is 0 Å². The molecule has 0 fully saturated rings. The number of aliphatic hydroxyl groups excluding tert-OH is 1. The van der Waals surface area contributed by atoms with Gasteiger partial charge in [-0.15, -0.1) is 12.8 Å². The van der Waals surface area contributed by atoms with E-state index in [0.29, 0.717) is 12.3 Å². The van der Waals surface area contributed by atoms with Gasteiger partial charge in [0.1, 0.15) is 11.5 Å². The second kappa shape index (κ2) is 15.7. The van der Waals surface area contributed by atoms with E-state index in [0.717, 1.165) is 30.8 Å². The maximum atomic E-state index is 9.42. The number of terminal acetylenes is 1. The number of nitrogens with one attached hydrogen (secondary N) is 1. The van der Waals surface area contributed by atoms with Crippen molar-refractivity contribution in [2.24, 2.45) is 0 Å². The normalized spacial score (nSPS) is 12.2. The van der Waals surface area contributed by atoms with Crippen LogP contribution in [0.25, 0.3) is 0 Å². The summed E-state index contributed by atoms with van der Waals surface area (Å²) in [7, 11) is 3.66. The molecule has 0 saturated carbocycles. The van der Waals surface area contributed by atoms with Crippen molar-refractivity contribution < 1.29 is 14.9 Å². The molecule has 3 aromatic carbocycles. The Balaban J connectivity index is 0.000000321. The minimum absolute atomic E-state index is 0.0883. The molecule has 5 nitrogen and oxygen atoms in total. The summed E-state index contributed by atoms with van der Waals surface area (Å²) in [5, 5.41) is 21.9. The average molecular weight is 517 g/mol. The molecule has 0 aromatic heterocycles. The van der Waals surface area contributed by atoms with Crippen LogP contribution in [0.4, 0.5) is 5.69 Å². The van der Waals surface area contributed by atoms with E-state index in [4.69, 9.17) is 4.74 Å². The number of aromatic hydroxyl groups is 1. The van der Waals surface area contributed by atoms with Gasteiger partial charge in [-0.2, -0.15) is 0 Å². The lowest BCUT2D eigenvalue weighted by atomic mass is 9.92. The number of benzene rings is 3. The van der Waals surface area contributed by atoms with Gasteiger partial charge in [0, 0.05) is 30.4 Å². The van der Waals surface area contributed by atoms with E-state index >= 15 is 0 Å². The number of anilines is 1. The summed E-state index contributed by atoms with van der Waals surface area (Å²) in [4.78, 5) is 2.16. The van der Waals surface area contributed by atoms with E-state index in [1.165, 1.54) is 41.5 Å². The summed E-state index contributed by atoms with van der Waals surface area (Å²) in [6.07, 6.45) is 13.9. The summed E-state index contributed by atoms with van der Waals surface area (Å²) in [6, 6.07) is 22.4. The van der Waals surface area contributed by atoms with E-state index in [2.05, 4.69) is 61.2 Å². The van der Waals surface area contributed by atoms with Crippen molar-refractivity contribution >= 4 is 5.69 Å². The van der Waals surface area contributed by atoms with Crippen molar-refractivity contribution in [2.75, 3.05) is 32.2 Å². The van der Waals surface area contributed by atoms with Crippen molar-refractivity contribution in [3.63, 3.8) is 0 Å². The van der Waals surface area contributed by atoms with Crippen LogP contribution in [0.15, 0.2) is 66.7 Å². The Morgan fingerprint density at radius 1 is 0.921 bits per heavy atom. The molecule has 0 atom stereocenters. The second-order valence-electron chi connectivity index (χ2n) is 10.1. The fourth-order valence-electron chi connectivity index (χ4n) is 4.53. The third-order valence-electron chi connectivity index (χ3n) is 6.84. The molecule has 3 aromatic rings. The number of rotatable bonds is 9. The van der Waals surface area contributed by atoms with Gasteiger partial charge in [0.25, 0.3) is 0 Å². The standard InChI is InChI=1S/C21H30N2O2.C10H12O.C2H2/c1-21(2,22-3)15-17-8-10-18(11-9-17)16-23(12-13-24)19-6-5-7-20(14-19)25-4;11-10-6-5-8-3-1-2-4-9(8)7-10;1-2/h5-11,14,22,24H,12-13,15-16H2,1-4H3;5-7,11H,1-4H2;1-2H. The highest BCUT2D eigenvalue weighted by atomic mass is 16.5. The molecule has 0 unspecified atom stereocenters. The first kappa shape index (κ1) is 30.8. The van der Waals surface area contributed by atoms with Crippen molar-refractivity contribution in [1.82, 2.24) is 5.32 Å². The Kier molecular flexibility index (Phi) is 12.7. The van der Waals surface area contributed by atoms with E-state index < -0.39 is 0 Å². The van der Waals surface area contributed by atoms with Crippen LogP contribution in [0.2, 0.25) is 0 Å². The molecular weight excluding hydrogens is 472 g/mol. The number of aryl methyl sites for hydroxylation is 2. The largest absolute Gasteiger partial charge is 0.508 e. The van der Waals surface area contributed by atoms with Crippen LogP contribution in [-0.2, 0) is 25.8 Å². The van der Waals surface area contributed by atoms with Crippen LogP contribution >= 0.6 is 0 Å². The number of aliphatic hydroxyl groups is 1. The van der Waals surface area contributed by atoms with Gasteiger partial charge in [0.15, 0.2) is 0 Å². The summed E-state index contributed by atoms with van der Waals surface area (Å²) >= 11 is 0. The Hall–Kier alpha value is -3.46. The molecule has 0 bridgehead atoms. The highest BCUT2D eigenvalue weighted by Gasteiger charge is 2.15. The first-order valence-corrected chi connectivity index (χ1v) is 13.2. The van der Waals surface area contributed by atoms with Crippen molar-refractivity contribution in [2.45, 2.75) is 58.0 Å². The van der Waals surface area contributed by atoms with Gasteiger partial charge in [0.2, 0.25) is 0 Å². The first-order valence-electron chi connectivity index (χ1n) is 13.2. The molecule has 1 aliphatic rings. The predicted octanol–water partition coefficient (Wildman–Crippen LogP) is 5.76. The number of likely N-dealkylation sites (N-methyl/N-ethyl adjacent to an activating group) is 1. The quantitative estimate of drug-likeness (QED) is 0.316. The first-order chi connectivity index (χ1) is 18.3. The molecular formula is C33H44N2O3. The molecule has 1 aliphatic carbocycles. The Morgan fingerprint density at radius 3 is 2.21 bits per heavy atom. The SMILES string of the molecule is C#C.CNC(C)(C)Cc1ccc(CN(CCO)c2cccc(OC)c2)cc1.Oc1ccc2c(c1)CCCC2. The summed E-state index contributed by atoms with van der Waals surface area (Å²) < 4.78 is 5.31. The molecule has 38 heavy (non-hydrogen) atoms. The number of phenolic OH excluding ortho intramolecular Hbond substituents is 1. The zero-order chi connectivity index (χ0) is 28.0. The van der Waals surface area contributed by atoms with E-state index in [1.807, 2.05) is 43.4 Å². The van der Waals surface area contributed by atoms with Gasteiger partial charge in [-0.25, -0.2) is 0 Å². The number of phenols is 1. The van der Waals surface area contributed by atoms with E-state index in [-0.39, 0.29) is 12.1 Å². The molecule has 0 amide bonds. The van der Waals surface area contributed by atoms with Crippen LogP contribution in [0.1, 0.15) is 48.9 Å². The maximum Gasteiger partial charge on any atom is 0.120 e. The fraction of sp³-hybridized carbons (Fsp3) is 0.394. The highest BCUT2D eigenvalue weighted by Crippen LogP contribution is 2.25. The van der Waals surface area contributed by atoms with Gasteiger partial charge in [-0.05, 0) is 99.5 Å². The third kappa shape index (κ3) is 9.78. The molecule has 0 radical (unpaired) electrons. The molecule has 0 heterocycles. The molecule has 3 N–H and O–H groups in total. The van der Waals surface area contributed by atoms with Gasteiger partial charge >= 0.3 is 0 Å². The minimum atomic E-state index is 0.0883. The average Bonchev–Trinajstić information content (AvgIpc) is 2.95. The van der Waals surface area contributed by atoms with Crippen molar-refractivity contribution in [3.8, 4) is 24.3 Å². The van der Waals surface area contributed by atoms with E-state index in [1.54, 1.807) is 13.2 Å². The predicted molar refractivity (Wildman–Crippen MR) is 159 cm³/mol. The number of methoxy groups -OCH3 is 1. The summed E-state index contributed by atoms with van der Waals surface area (Å²) in [5.41, 5.74) is 6.45. The Morgan fingerprint density at radius 2 is 1.58 bits per heavy atom. The van der Waals surface area contributed by atoms with Crippen LogP contribution < -0.4 is 15.0 Å². The van der Waals surface area contributed by atoms with Gasteiger partial charge in [-0.1, -0.05) is 36.4 Å². The lowest BCUT2D eigenvalue weighted by Crippen LogP contribution is -2.38. The molecule has 0 aliphatic heterocycles. The van der Waals surface area contributed by atoms with Crippen molar-refractivity contribution in [1.29, 1.82) is 0 Å². The minimum Gasteiger partial charge on any atom is -0.508 e. The molecule has 0 saturated heterocycles. The number of nitrogens with zero attached hydrogens (tertiary/aromatic N) is 1. The van der Waals surface area contributed by atoms with Crippen LogP contribution in [0.3, 0.4) is 0 Å². The number of hydrogen-bond donors (Lipinski definition) is 3. The van der Waals surface area contributed by atoms with Crippen LogP contribution in [0.5, 0.6) is 11.5 Å². The number of fused-ring (bicyclic) bond motifs is 1. The summed E-state index contributed by atoms with van der Waals surface area (Å²) in [5.74, 6) is 1.23. The lowest BCUT2D eigenvalue weighted by molar-refractivity contribution is 0.301. The Bertz CT molecular complexity index is 1120. The zero-order valence-electron chi connectivity index (χ0n) is 23.4. The number of ether oxygens (including phenoxy) is 1. The van der Waals surface area contributed by atoms with Crippen LogP contribution in [-0.4, -0.2) is 43.1 Å². The smallest absolute Gasteiger partial charge is 0.120 e.